The number of thiazole rings is 1. The van der Waals surface area contributed by atoms with Gasteiger partial charge in [0.05, 0.1) is 16.1 Å². The van der Waals surface area contributed by atoms with Gasteiger partial charge in [0.15, 0.2) is 5.13 Å². The Balaban J connectivity index is 1.80. The number of aromatic nitrogens is 1. The molecule has 88 valence electrons. The van der Waals surface area contributed by atoms with Gasteiger partial charge in [-0.1, -0.05) is 17.4 Å². The first-order valence-corrected chi connectivity index (χ1v) is 6.33. The standard InChI is InChI=1S/C12H12N2O2S/c13-12-14-9-2-1-6(4-10(9)17-12)3-7-5-8(7)11(15)16/h1-2,4,7-8H,3,5H2,(H2,13,14)(H,15,16). The van der Waals surface area contributed by atoms with Crippen molar-refractivity contribution in [2.24, 2.45) is 11.8 Å². The van der Waals surface area contributed by atoms with E-state index in [9.17, 15) is 4.79 Å². The first-order chi connectivity index (χ1) is 8.13. The number of fused-ring (bicyclic) bond motifs is 1. The van der Waals surface area contributed by atoms with Crippen LogP contribution in [0.1, 0.15) is 12.0 Å². The fourth-order valence-electron chi connectivity index (χ4n) is 2.19. The summed E-state index contributed by atoms with van der Waals surface area (Å²) in [6.45, 7) is 0. The third kappa shape index (κ3) is 1.98. The highest BCUT2D eigenvalue weighted by Crippen LogP contribution is 2.41. The molecule has 5 heteroatoms. The van der Waals surface area contributed by atoms with Crippen molar-refractivity contribution in [3.05, 3.63) is 23.8 Å². The summed E-state index contributed by atoms with van der Waals surface area (Å²) in [5.74, 6) is -0.509. The van der Waals surface area contributed by atoms with Crippen LogP contribution in [-0.4, -0.2) is 16.1 Å². The van der Waals surface area contributed by atoms with Crippen LogP contribution in [-0.2, 0) is 11.2 Å². The number of anilines is 1. The van der Waals surface area contributed by atoms with Crippen molar-refractivity contribution in [3.63, 3.8) is 0 Å². The molecule has 4 nitrogen and oxygen atoms in total. The molecular formula is C12H12N2O2S. The van der Waals surface area contributed by atoms with Gasteiger partial charge < -0.3 is 10.8 Å². The SMILES string of the molecule is Nc1nc2ccc(CC3CC3C(=O)O)cc2s1. The smallest absolute Gasteiger partial charge is 0.306 e. The summed E-state index contributed by atoms with van der Waals surface area (Å²) in [6, 6.07) is 6.04. The molecule has 1 aromatic heterocycles. The average Bonchev–Trinajstić information content (AvgIpc) is 2.92. The van der Waals surface area contributed by atoms with Crippen LogP contribution in [0, 0.1) is 11.8 Å². The van der Waals surface area contributed by atoms with E-state index in [-0.39, 0.29) is 5.92 Å². The number of nitrogens with two attached hydrogens (primary N) is 1. The minimum atomic E-state index is -0.668. The Kier molecular flexibility index (Phi) is 2.29. The molecule has 3 N–H and O–H groups in total. The zero-order valence-corrected chi connectivity index (χ0v) is 9.91. The monoisotopic (exact) mass is 248 g/mol. The summed E-state index contributed by atoms with van der Waals surface area (Å²) in [4.78, 5) is 14.9. The molecule has 1 aliphatic carbocycles. The van der Waals surface area contributed by atoms with Crippen LogP contribution in [0.4, 0.5) is 5.13 Å². The number of nitrogens with zero attached hydrogens (tertiary/aromatic N) is 1. The van der Waals surface area contributed by atoms with Gasteiger partial charge in [-0.05, 0) is 36.5 Å². The molecule has 0 spiro atoms. The van der Waals surface area contributed by atoms with Crippen LogP contribution in [0.5, 0.6) is 0 Å². The highest BCUT2D eigenvalue weighted by atomic mass is 32.1. The Morgan fingerprint density at radius 2 is 2.41 bits per heavy atom. The first-order valence-electron chi connectivity index (χ1n) is 5.51. The topological polar surface area (TPSA) is 76.2 Å². The van der Waals surface area contributed by atoms with E-state index in [0.717, 1.165) is 23.1 Å². The molecule has 0 radical (unpaired) electrons. The van der Waals surface area contributed by atoms with Crippen molar-refractivity contribution < 1.29 is 9.90 Å². The van der Waals surface area contributed by atoms with Crippen LogP contribution < -0.4 is 5.73 Å². The summed E-state index contributed by atoms with van der Waals surface area (Å²) in [5, 5.41) is 9.43. The van der Waals surface area contributed by atoms with Crippen molar-refractivity contribution in [2.45, 2.75) is 12.8 Å². The van der Waals surface area contributed by atoms with Crippen molar-refractivity contribution in [2.75, 3.05) is 5.73 Å². The maximum Gasteiger partial charge on any atom is 0.306 e. The van der Waals surface area contributed by atoms with Gasteiger partial charge in [0, 0.05) is 0 Å². The predicted molar refractivity (Wildman–Crippen MR) is 67.0 cm³/mol. The molecule has 1 aliphatic rings. The summed E-state index contributed by atoms with van der Waals surface area (Å²) in [6.07, 6.45) is 1.64. The lowest BCUT2D eigenvalue weighted by Crippen LogP contribution is -2.00. The number of rotatable bonds is 3. The summed E-state index contributed by atoms with van der Waals surface area (Å²) < 4.78 is 1.08. The maximum atomic E-state index is 10.8. The van der Waals surface area contributed by atoms with Crippen LogP contribution in [0.25, 0.3) is 10.2 Å². The van der Waals surface area contributed by atoms with E-state index in [4.69, 9.17) is 10.8 Å². The third-order valence-corrected chi connectivity index (χ3v) is 4.05. The molecule has 2 unspecified atom stereocenters. The molecule has 3 rings (SSSR count). The minimum Gasteiger partial charge on any atom is -0.481 e. The second kappa shape index (κ2) is 3.70. The lowest BCUT2D eigenvalue weighted by atomic mass is 10.1. The van der Waals surface area contributed by atoms with E-state index in [2.05, 4.69) is 11.1 Å². The van der Waals surface area contributed by atoms with Gasteiger partial charge >= 0.3 is 5.97 Å². The van der Waals surface area contributed by atoms with E-state index >= 15 is 0 Å². The second-order valence-electron chi connectivity index (χ2n) is 4.50. The predicted octanol–water partition coefficient (Wildman–Crippen LogP) is 2.14. The van der Waals surface area contributed by atoms with Crippen LogP contribution in [0.2, 0.25) is 0 Å². The highest BCUT2D eigenvalue weighted by Gasteiger charge is 2.42. The van der Waals surface area contributed by atoms with Crippen molar-refractivity contribution in [1.29, 1.82) is 0 Å². The van der Waals surface area contributed by atoms with Crippen molar-refractivity contribution >= 4 is 32.7 Å². The van der Waals surface area contributed by atoms with E-state index in [1.54, 1.807) is 0 Å². The van der Waals surface area contributed by atoms with Gasteiger partial charge in [-0.3, -0.25) is 4.79 Å². The van der Waals surface area contributed by atoms with Gasteiger partial charge in [-0.15, -0.1) is 0 Å². The van der Waals surface area contributed by atoms with Crippen LogP contribution in [0.15, 0.2) is 18.2 Å². The Labute approximate surface area is 102 Å². The fraction of sp³-hybridized carbons (Fsp3) is 0.333. The number of carbonyl (C=O) groups is 1. The molecular weight excluding hydrogens is 236 g/mol. The van der Waals surface area contributed by atoms with E-state index in [1.165, 1.54) is 16.9 Å². The maximum absolute atomic E-state index is 10.8. The van der Waals surface area contributed by atoms with E-state index in [0.29, 0.717) is 11.0 Å². The molecule has 0 saturated heterocycles. The largest absolute Gasteiger partial charge is 0.481 e. The fourth-order valence-corrected chi connectivity index (χ4v) is 2.99. The van der Waals surface area contributed by atoms with Crippen LogP contribution in [0.3, 0.4) is 0 Å². The second-order valence-corrected chi connectivity index (χ2v) is 5.56. The molecule has 0 bridgehead atoms. The Morgan fingerprint density at radius 3 is 3.12 bits per heavy atom. The number of benzene rings is 1. The number of hydrogen-bond donors (Lipinski definition) is 2. The zero-order valence-electron chi connectivity index (χ0n) is 9.09. The van der Waals surface area contributed by atoms with Gasteiger partial charge in [0.2, 0.25) is 0 Å². The van der Waals surface area contributed by atoms with Gasteiger partial charge in [0.25, 0.3) is 0 Å². The normalized spacial score (nSPS) is 22.8. The quantitative estimate of drug-likeness (QED) is 0.872. The first kappa shape index (κ1) is 10.5. The number of nitrogen functional groups attached to an aromatic ring is 1. The number of aliphatic carboxylic acids is 1. The van der Waals surface area contributed by atoms with E-state index < -0.39 is 5.97 Å². The van der Waals surface area contributed by atoms with E-state index in [1.807, 2.05) is 12.1 Å². The van der Waals surface area contributed by atoms with Gasteiger partial charge in [-0.2, -0.15) is 0 Å². The number of carboxylic acid groups (broad SMARTS) is 1. The average molecular weight is 248 g/mol. The molecule has 2 atom stereocenters. The third-order valence-electron chi connectivity index (χ3n) is 3.21. The lowest BCUT2D eigenvalue weighted by molar-refractivity contribution is -0.138. The number of hydrogen-bond acceptors (Lipinski definition) is 4. The minimum absolute atomic E-state index is 0.141. The Bertz CT molecular complexity index is 593. The zero-order chi connectivity index (χ0) is 12.0. The van der Waals surface area contributed by atoms with Gasteiger partial charge in [-0.25, -0.2) is 4.98 Å². The number of carboxylic acids is 1. The summed E-state index contributed by atoms with van der Waals surface area (Å²) in [7, 11) is 0. The molecule has 2 aromatic rings. The molecule has 17 heavy (non-hydrogen) atoms. The van der Waals surface area contributed by atoms with Crippen molar-refractivity contribution in [1.82, 2.24) is 4.98 Å². The summed E-state index contributed by atoms with van der Waals surface area (Å²) in [5.41, 5.74) is 7.74. The molecule has 0 amide bonds. The molecule has 1 saturated carbocycles. The van der Waals surface area contributed by atoms with Crippen molar-refractivity contribution in [3.8, 4) is 0 Å². The lowest BCUT2D eigenvalue weighted by Gasteiger charge is -1.99. The molecule has 1 heterocycles. The molecule has 1 fully saturated rings. The Hall–Kier alpha value is -1.62. The summed E-state index contributed by atoms with van der Waals surface area (Å²) >= 11 is 1.47. The highest BCUT2D eigenvalue weighted by molar-refractivity contribution is 7.22. The Morgan fingerprint density at radius 1 is 1.59 bits per heavy atom. The molecule has 1 aromatic carbocycles. The molecule has 0 aliphatic heterocycles. The van der Waals surface area contributed by atoms with Crippen LogP contribution >= 0.6 is 11.3 Å². The van der Waals surface area contributed by atoms with Gasteiger partial charge in [0.1, 0.15) is 0 Å².